The van der Waals surface area contributed by atoms with Gasteiger partial charge >= 0.3 is 0 Å². The highest BCUT2D eigenvalue weighted by molar-refractivity contribution is 5.76. The van der Waals surface area contributed by atoms with E-state index in [0.717, 1.165) is 70.6 Å². The predicted molar refractivity (Wildman–Crippen MR) is 360 cm³/mol. The molecule has 510 valence electrons. The van der Waals surface area contributed by atoms with Crippen molar-refractivity contribution in [2.75, 3.05) is 19.8 Å². The third-order valence-electron chi connectivity index (χ3n) is 17.0. The molecule has 0 saturated carbocycles. The van der Waals surface area contributed by atoms with Gasteiger partial charge in [0, 0.05) is 6.42 Å². The van der Waals surface area contributed by atoms with E-state index in [4.69, 9.17) is 18.9 Å². The lowest BCUT2D eigenvalue weighted by Gasteiger charge is -2.46. The fraction of sp³-hybridized carbons (Fsp3) is 0.797. The molecule has 2 fully saturated rings. The van der Waals surface area contributed by atoms with Crippen LogP contribution in [0.15, 0.2) is 85.1 Å². The van der Waals surface area contributed by atoms with Crippen LogP contribution >= 0.6 is 0 Å². The summed E-state index contributed by atoms with van der Waals surface area (Å²) in [4.78, 5) is 13.3. The average Bonchev–Trinajstić information content (AvgIpc) is 1.84. The van der Waals surface area contributed by atoms with Crippen LogP contribution in [-0.2, 0) is 23.7 Å². The van der Waals surface area contributed by atoms with E-state index in [9.17, 15) is 45.6 Å². The molecule has 0 aromatic rings. The second kappa shape index (κ2) is 58.0. The third-order valence-corrected chi connectivity index (χ3v) is 17.0. The van der Waals surface area contributed by atoms with Crippen LogP contribution in [0.1, 0.15) is 284 Å². The molecular weight excluding hydrogens is 1110 g/mol. The first-order valence-electron chi connectivity index (χ1n) is 35.8. The molecule has 2 aliphatic heterocycles. The summed E-state index contributed by atoms with van der Waals surface area (Å²) in [6.45, 7) is 2.68. The van der Waals surface area contributed by atoms with Gasteiger partial charge in [-0.15, -0.1) is 0 Å². The molecule has 9 N–H and O–H groups in total. The van der Waals surface area contributed by atoms with E-state index in [2.05, 4.69) is 92.1 Å². The summed E-state index contributed by atoms with van der Waals surface area (Å²) in [5.41, 5.74) is 0. The maximum atomic E-state index is 13.3. The first-order chi connectivity index (χ1) is 43.1. The summed E-state index contributed by atoms with van der Waals surface area (Å²) in [6.07, 6.45) is 63.7. The van der Waals surface area contributed by atoms with E-state index in [1.807, 2.05) is 6.08 Å². The van der Waals surface area contributed by atoms with E-state index in [1.165, 1.54) is 180 Å². The minimum Gasteiger partial charge on any atom is -0.394 e. The van der Waals surface area contributed by atoms with E-state index >= 15 is 0 Å². The second-order valence-corrected chi connectivity index (χ2v) is 25.0. The number of ether oxygens (including phenoxy) is 4. The zero-order valence-electron chi connectivity index (χ0n) is 55.4. The van der Waals surface area contributed by atoms with Crippen molar-refractivity contribution in [2.24, 2.45) is 0 Å². The maximum absolute atomic E-state index is 13.3. The lowest BCUT2D eigenvalue weighted by atomic mass is 9.97. The van der Waals surface area contributed by atoms with Gasteiger partial charge in [0.15, 0.2) is 12.6 Å². The molecule has 0 aromatic carbocycles. The Kier molecular flexibility index (Phi) is 53.6. The quantitative estimate of drug-likeness (QED) is 0.0204. The van der Waals surface area contributed by atoms with Gasteiger partial charge < -0.3 is 65.1 Å². The summed E-state index contributed by atoms with van der Waals surface area (Å²) in [6, 6.07) is -0.941. The molecule has 12 atom stereocenters. The van der Waals surface area contributed by atoms with Crippen LogP contribution in [0.5, 0.6) is 0 Å². The van der Waals surface area contributed by atoms with Gasteiger partial charge in [-0.2, -0.15) is 0 Å². The number of hydrogen-bond acceptors (Lipinski definition) is 13. The highest BCUT2D eigenvalue weighted by Crippen LogP contribution is 2.30. The number of carbonyl (C=O) groups is 1. The highest BCUT2D eigenvalue weighted by atomic mass is 16.7. The Balaban J connectivity index is 1.63. The van der Waals surface area contributed by atoms with Crippen molar-refractivity contribution in [3.05, 3.63) is 85.1 Å². The maximum Gasteiger partial charge on any atom is 0.220 e. The van der Waals surface area contributed by atoms with Crippen LogP contribution < -0.4 is 5.32 Å². The Morgan fingerprint density at radius 3 is 1.25 bits per heavy atom. The zero-order valence-corrected chi connectivity index (χ0v) is 55.4. The zero-order chi connectivity index (χ0) is 63.8. The lowest BCUT2D eigenvalue weighted by molar-refractivity contribution is -0.359. The molecule has 14 nitrogen and oxygen atoms in total. The van der Waals surface area contributed by atoms with Gasteiger partial charge in [-0.25, -0.2) is 0 Å². The predicted octanol–water partition coefficient (Wildman–Crippen LogP) is 14.8. The second-order valence-electron chi connectivity index (χ2n) is 25.0. The average molecular weight is 1240 g/mol. The Labute approximate surface area is 535 Å². The largest absolute Gasteiger partial charge is 0.394 e. The van der Waals surface area contributed by atoms with Gasteiger partial charge in [0.1, 0.15) is 48.8 Å². The minimum atomic E-state index is -1.79. The molecule has 2 rings (SSSR count). The number of unbranched alkanes of at least 4 members (excludes halogenated alkanes) is 33. The van der Waals surface area contributed by atoms with Crippen LogP contribution in [0, 0.1) is 0 Å². The Bertz CT molecular complexity index is 1800. The molecule has 0 radical (unpaired) electrons. The van der Waals surface area contributed by atoms with Gasteiger partial charge in [0.05, 0.1) is 32.0 Å². The van der Waals surface area contributed by atoms with Crippen LogP contribution in [0.2, 0.25) is 0 Å². The van der Waals surface area contributed by atoms with Crippen molar-refractivity contribution in [1.82, 2.24) is 5.32 Å². The fourth-order valence-electron chi connectivity index (χ4n) is 11.4. The molecule has 0 aliphatic carbocycles. The first-order valence-corrected chi connectivity index (χ1v) is 35.8. The smallest absolute Gasteiger partial charge is 0.220 e. The number of nitrogens with one attached hydrogen (secondary N) is 1. The van der Waals surface area contributed by atoms with E-state index < -0.39 is 86.8 Å². The van der Waals surface area contributed by atoms with Gasteiger partial charge in [-0.05, 0) is 83.5 Å². The van der Waals surface area contributed by atoms with E-state index in [0.29, 0.717) is 12.8 Å². The van der Waals surface area contributed by atoms with Gasteiger partial charge in [0.25, 0.3) is 0 Å². The number of hydrogen-bond donors (Lipinski definition) is 9. The lowest BCUT2D eigenvalue weighted by Crippen LogP contribution is -2.65. The summed E-state index contributed by atoms with van der Waals surface area (Å²) < 4.78 is 22.8. The highest BCUT2D eigenvalue weighted by Gasteiger charge is 2.51. The molecule has 2 heterocycles. The number of amides is 1. The number of allylic oxidation sites excluding steroid dienone is 13. The van der Waals surface area contributed by atoms with E-state index in [1.54, 1.807) is 6.08 Å². The molecule has 12 unspecified atom stereocenters. The van der Waals surface area contributed by atoms with E-state index in [-0.39, 0.29) is 18.9 Å². The molecule has 1 amide bonds. The molecule has 14 heteroatoms. The third kappa shape index (κ3) is 41.6. The SMILES string of the molecule is CC/C=C\C/C=C\C/C=C\C/C=C\CCCCCCCCCCCCCCCCCCCCCCCCC(=O)NC(COC1OC(CO)C(OC2OC(CO)C(O)C(O)C2O)C(O)C1O)C(O)/C=C/CC/C=C/CC/C=C/CCCCCCCCCCC. The molecular formula is C74H131NO13. The molecule has 2 aliphatic rings. The Hall–Kier alpha value is -2.83. The normalized spacial score (nSPS) is 23.7. The summed E-state index contributed by atoms with van der Waals surface area (Å²) >= 11 is 0. The van der Waals surface area contributed by atoms with Crippen molar-refractivity contribution >= 4 is 5.91 Å². The fourth-order valence-corrected chi connectivity index (χ4v) is 11.4. The summed E-state index contributed by atoms with van der Waals surface area (Å²) in [5, 5.41) is 87.4. The molecule has 0 aromatic heterocycles. The summed E-state index contributed by atoms with van der Waals surface area (Å²) in [7, 11) is 0. The number of carbonyl (C=O) groups excluding carboxylic acids is 1. The Morgan fingerprint density at radius 2 is 0.795 bits per heavy atom. The van der Waals surface area contributed by atoms with Crippen molar-refractivity contribution in [1.29, 1.82) is 0 Å². The molecule has 0 bridgehead atoms. The topological polar surface area (TPSA) is 228 Å². The van der Waals surface area contributed by atoms with Crippen LogP contribution in [0.4, 0.5) is 0 Å². The standard InChI is InChI=1S/C74H131NO13/c1-3-5-7-9-11-13-15-17-19-21-23-24-25-26-27-28-29-30-31-32-33-34-35-36-37-38-40-42-44-46-48-50-52-54-56-58-66(79)75-62(63(78)57-55-53-51-49-47-45-43-41-39-22-20-18-16-14-12-10-8-6-4-2)61-85-73-71(84)69(82)72(65(60-77)87-73)88-74-70(83)68(81)67(80)64(59-76)86-74/h5,7,11,13,17,19,23-24,39,41,47,49,55,57,62-65,67-74,76-78,80-84H,3-4,6,8-10,12,14-16,18,20-22,25-38,40,42-46,48,50-54,56,58-61H2,1-2H3,(H,75,79)/b7-5-,13-11-,19-17-,24-23-,41-39+,49-47+,57-55+. The monoisotopic (exact) mass is 1240 g/mol. The minimum absolute atomic E-state index is 0.251. The van der Waals surface area contributed by atoms with Gasteiger partial charge in [0.2, 0.25) is 5.91 Å². The molecule has 2 saturated heterocycles. The summed E-state index contributed by atoms with van der Waals surface area (Å²) in [5.74, 6) is -0.251. The van der Waals surface area contributed by atoms with Crippen LogP contribution in [0.25, 0.3) is 0 Å². The van der Waals surface area contributed by atoms with Crippen molar-refractivity contribution in [2.45, 2.75) is 357 Å². The first kappa shape index (κ1) is 81.3. The number of aliphatic hydroxyl groups is 8. The van der Waals surface area contributed by atoms with Crippen LogP contribution in [0.3, 0.4) is 0 Å². The number of aliphatic hydroxyl groups excluding tert-OH is 8. The van der Waals surface area contributed by atoms with Crippen molar-refractivity contribution < 1.29 is 64.6 Å². The van der Waals surface area contributed by atoms with Gasteiger partial charge in [-0.3, -0.25) is 4.79 Å². The number of rotatable bonds is 58. The van der Waals surface area contributed by atoms with Crippen molar-refractivity contribution in [3.63, 3.8) is 0 Å². The van der Waals surface area contributed by atoms with Crippen molar-refractivity contribution in [3.8, 4) is 0 Å². The molecule has 88 heavy (non-hydrogen) atoms. The molecule has 0 spiro atoms. The van der Waals surface area contributed by atoms with Gasteiger partial charge in [-0.1, -0.05) is 279 Å². The van der Waals surface area contributed by atoms with Crippen LogP contribution in [-0.4, -0.2) is 140 Å². The Morgan fingerprint density at radius 1 is 0.420 bits per heavy atom.